The van der Waals surface area contributed by atoms with E-state index in [-0.39, 0.29) is 15.7 Å². The molecule has 1 fully saturated rings. The van der Waals surface area contributed by atoms with E-state index in [1.165, 1.54) is 4.90 Å². The zero-order valence-corrected chi connectivity index (χ0v) is 9.47. The molecule has 1 saturated heterocycles. The van der Waals surface area contributed by atoms with E-state index in [2.05, 4.69) is 0 Å². The minimum atomic E-state index is -0.208. The lowest BCUT2D eigenvalue weighted by molar-refractivity contribution is -0.121. The molecule has 4 heteroatoms. The molecule has 3 nitrogen and oxygen atoms in total. The van der Waals surface area contributed by atoms with E-state index in [9.17, 15) is 9.59 Å². The van der Waals surface area contributed by atoms with Crippen LogP contribution in [0.4, 0.5) is 5.69 Å². The minimum absolute atomic E-state index is 0.109. The molecule has 1 atom stereocenters. The fraction of sp³-hybridized carbons (Fsp3) is 0.200. The SMILES string of the molecule is O=C1CC(I)C(=O)N1c1ccccc1. The predicted molar refractivity (Wildman–Crippen MR) is 61.4 cm³/mol. The lowest BCUT2D eigenvalue weighted by Gasteiger charge is -2.13. The van der Waals surface area contributed by atoms with Gasteiger partial charge >= 0.3 is 0 Å². The van der Waals surface area contributed by atoms with E-state index in [4.69, 9.17) is 0 Å². The molecular formula is C10H8INO2. The maximum Gasteiger partial charge on any atom is 0.247 e. The number of carbonyl (C=O) groups excluding carboxylic acids is 2. The highest BCUT2D eigenvalue weighted by Gasteiger charge is 2.37. The van der Waals surface area contributed by atoms with E-state index in [0.717, 1.165) is 0 Å². The normalized spacial score (nSPS) is 21.8. The molecule has 1 unspecified atom stereocenters. The van der Waals surface area contributed by atoms with Gasteiger partial charge in [0.2, 0.25) is 11.8 Å². The molecule has 2 amide bonds. The van der Waals surface area contributed by atoms with Crippen LogP contribution in [0.5, 0.6) is 0 Å². The van der Waals surface area contributed by atoms with Crippen molar-refractivity contribution in [2.24, 2.45) is 0 Å². The number of amides is 2. The van der Waals surface area contributed by atoms with E-state index < -0.39 is 0 Å². The summed E-state index contributed by atoms with van der Waals surface area (Å²) >= 11 is 2.00. The second kappa shape index (κ2) is 3.68. The van der Waals surface area contributed by atoms with Crippen LogP contribution in [0.3, 0.4) is 0 Å². The minimum Gasteiger partial charge on any atom is -0.274 e. The molecule has 14 heavy (non-hydrogen) atoms. The Morgan fingerprint density at radius 1 is 1.21 bits per heavy atom. The van der Waals surface area contributed by atoms with Crippen molar-refractivity contribution in [3.05, 3.63) is 30.3 Å². The Labute approximate surface area is 95.2 Å². The summed E-state index contributed by atoms with van der Waals surface area (Å²) in [4.78, 5) is 24.4. The molecule has 1 aliphatic rings. The second-order valence-corrected chi connectivity index (χ2v) is 4.58. The van der Waals surface area contributed by atoms with Gasteiger partial charge in [0.15, 0.2) is 0 Å². The number of para-hydroxylation sites is 1. The molecule has 72 valence electrons. The Balaban J connectivity index is 2.36. The number of imide groups is 1. The van der Waals surface area contributed by atoms with Crippen LogP contribution >= 0.6 is 22.6 Å². The molecule has 0 aliphatic carbocycles. The average Bonchev–Trinajstić information content (AvgIpc) is 2.43. The van der Waals surface area contributed by atoms with Gasteiger partial charge in [0.05, 0.1) is 9.61 Å². The summed E-state index contributed by atoms with van der Waals surface area (Å²) in [5, 5.41) is 0. The first-order chi connectivity index (χ1) is 6.70. The van der Waals surface area contributed by atoms with Gasteiger partial charge in [-0.1, -0.05) is 40.8 Å². The summed E-state index contributed by atoms with van der Waals surface area (Å²) in [5.41, 5.74) is 0.668. The van der Waals surface area contributed by atoms with Crippen LogP contribution in [0.1, 0.15) is 6.42 Å². The molecule has 0 N–H and O–H groups in total. The Morgan fingerprint density at radius 3 is 2.36 bits per heavy atom. The molecule has 0 aromatic heterocycles. The van der Waals surface area contributed by atoms with E-state index in [1.54, 1.807) is 12.1 Å². The third-order valence-electron chi connectivity index (χ3n) is 2.11. The Bertz CT molecular complexity index is 377. The predicted octanol–water partition coefficient (Wildman–Crippen LogP) is 1.75. The van der Waals surface area contributed by atoms with Crippen LogP contribution in [-0.4, -0.2) is 15.7 Å². The smallest absolute Gasteiger partial charge is 0.247 e. The van der Waals surface area contributed by atoms with Crippen molar-refractivity contribution in [3.63, 3.8) is 0 Å². The van der Waals surface area contributed by atoms with Gasteiger partial charge < -0.3 is 0 Å². The number of halogens is 1. The Kier molecular flexibility index (Phi) is 2.54. The van der Waals surface area contributed by atoms with Crippen molar-refractivity contribution >= 4 is 40.1 Å². The molecular weight excluding hydrogens is 293 g/mol. The molecule has 2 rings (SSSR count). The standard InChI is InChI=1S/C10H8INO2/c11-8-6-9(13)12(10(8)14)7-4-2-1-3-5-7/h1-5,8H,6H2. The van der Waals surface area contributed by atoms with Crippen LogP contribution in [0.15, 0.2) is 30.3 Å². The topological polar surface area (TPSA) is 37.4 Å². The van der Waals surface area contributed by atoms with Crippen molar-refractivity contribution in [1.29, 1.82) is 0 Å². The quantitative estimate of drug-likeness (QED) is 0.450. The monoisotopic (exact) mass is 301 g/mol. The van der Waals surface area contributed by atoms with Crippen LogP contribution in [0, 0.1) is 0 Å². The van der Waals surface area contributed by atoms with Gasteiger partial charge in [0.25, 0.3) is 0 Å². The second-order valence-electron chi connectivity index (χ2n) is 3.07. The summed E-state index contributed by atoms with van der Waals surface area (Å²) in [6.07, 6.45) is 0.314. The van der Waals surface area contributed by atoms with Crippen molar-refractivity contribution in [2.75, 3.05) is 4.90 Å². The number of hydrogen-bond donors (Lipinski definition) is 0. The Morgan fingerprint density at radius 2 is 1.86 bits per heavy atom. The molecule has 0 saturated carbocycles. The number of carbonyl (C=O) groups is 2. The zero-order chi connectivity index (χ0) is 10.1. The maximum absolute atomic E-state index is 11.6. The fourth-order valence-electron chi connectivity index (χ4n) is 1.44. The van der Waals surface area contributed by atoms with Gasteiger partial charge in [-0.2, -0.15) is 0 Å². The fourth-order valence-corrected chi connectivity index (χ4v) is 2.10. The van der Waals surface area contributed by atoms with Crippen LogP contribution in [-0.2, 0) is 9.59 Å². The summed E-state index contributed by atoms with van der Waals surface area (Å²) in [7, 11) is 0. The third kappa shape index (κ3) is 1.54. The summed E-state index contributed by atoms with van der Waals surface area (Å²) in [6.45, 7) is 0. The summed E-state index contributed by atoms with van der Waals surface area (Å²) in [5.74, 6) is -0.220. The van der Waals surface area contributed by atoms with Gasteiger partial charge in [-0.05, 0) is 12.1 Å². The molecule has 1 aromatic rings. The molecule has 0 radical (unpaired) electrons. The molecule has 0 spiro atoms. The van der Waals surface area contributed by atoms with Crippen molar-refractivity contribution in [2.45, 2.75) is 10.3 Å². The van der Waals surface area contributed by atoms with Gasteiger partial charge in [-0.25, -0.2) is 4.90 Å². The summed E-state index contributed by atoms with van der Waals surface area (Å²) < 4.78 is -0.208. The van der Waals surface area contributed by atoms with Gasteiger partial charge in [0, 0.05) is 6.42 Å². The molecule has 0 bridgehead atoms. The first-order valence-corrected chi connectivity index (χ1v) is 5.50. The van der Waals surface area contributed by atoms with Crippen molar-refractivity contribution in [3.8, 4) is 0 Å². The molecule has 1 heterocycles. The lowest BCUT2D eigenvalue weighted by Crippen LogP contribution is -2.30. The first-order valence-electron chi connectivity index (χ1n) is 4.26. The van der Waals surface area contributed by atoms with Crippen molar-refractivity contribution in [1.82, 2.24) is 0 Å². The number of hydrogen-bond acceptors (Lipinski definition) is 2. The van der Waals surface area contributed by atoms with E-state index >= 15 is 0 Å². The lowest BCUT2D eigenvalue weighted by atomic mass is 10.3. The Hall–Kier alpha value is -0.910. The maximum atomic E-state index is 11.6. The first kappa shape index (κ1) is 9.64. The van der Waals surface area contributed by atoms with Crippen LogP contribution < -0.4 is 4.90 Å². The van der Waals surface area contributed by atoms with Gasteiger partial charge in [0.1, 0.15) is 0 Å². The van der Waals surface area contributed by atoms with E-state index in [0.29, 0.717) is 12.1 Å². The number of anilines is 1. The van der Waals surface area contributed by atoms with Crippen molar-refractivity contribution < 1.29 is 9.59 Å². The molecule has 1 aromatic carbocycles. The van der Waals surface area contributed by atoms with E-state index in [1.807, 2.05) is 40.8 Å². The third-order valence-corrected chi connectivity index (χ3v) is 3.08. The van der Waals surface area contributed by atoms with Gasteiger partial charge in [-0.15, -0.1) is 0 Å². The number of rotatable bonds is 1. The van der Waals surface area contributed by atoms with Gasteiger partial charge in [-0.3, -0.25) is 9.59 Å². The highest BCUT2D eigenvalue weighted by Crippen LogP contribution is 2.26. The highest BCUT2D eigenvalue weighted by molar-refractivity contribution is 14.1. The summed E-state index contributed by atoms with van der Waals surface area (Å²) in [6, 6.07) is 9.03. The highest BCUT2D eigenvalue weighted by atomic mass is 127. The zero-order valence-electron chi connectivity index (χ0n) is 7.31. The average molecular weight is 301 g/mol. The number of alkyl halides is 1. The van der Waals surface area contributed by atoms with Crippen LogP contribution in [0.2, 0.25) is 0 Å². The largest absolute Gasteiger partial charge is 0.274 e. The molecule has 1 aliphatic heterocycles. The number of benzene rings is 1. The van der Waals surface area contributed by atoms with Crippen LogP contribution in [0.25, 0.3) is 0 Å². The number of nitrogens with zero attached hydrogens (tertiary/aromatic N) is 1.